The van der Waals surface area contributed by atoms with E-state index in [-0.39, 0.29) is 5.82 Å². The molecule has 1 aliphatic rings. The maximum absolute atomic E-state index is 13.5. The summed E-state index contributed by atoms with van der Waals surface area (Å²) in [7, 11) is 0. The monoisotopic (exact) mass is 326 g/mol. The topological polar surface area (TPSA) is 81.1 Å². The third kappa shape index (κ3) is 2.82. The molecule has 1 aliphatic heterocycles. The number of hydrogen-bond donors (Lipinski definition) is 2. The van der Waals surface area contributed by atoms with Crippen LogP contribution in [0.1, 0.15) is 18.4 Å². The first-order chi connectivity index (χ1) is 11.7. The Morgan fingerprint density at radius 3 is 3.00 bits per heavy atom. The highest BCUT2D eigenvalue weighted by molar-refractivity contribution is 5.58. The Hall–Kier alpha value is -2.54. The number of fused-ring (bicyclic) bond motifs is 1. The number of imidazole rings is 1. The summed E-state index contributed by atoms with van der Waals surface area (Å²) in [4.78, 5) is 13.1. The zero-order valence-electron chi connectivity index (χ0n) is 13.2. The van der Waals surface area contributed by atoms with Gasteiger partial charge in [0.1, 0.15) is 23.0 Å². The van der Waals surface area contributed by atoms with Crippen LogP contribution in [0.2, 0.25) is 0 Å². The van der Waals surface area contributed by atoms with E-state index in [4.69, 9.17) is 5.73 Å². The fraction of sp³-hybridized carbons (Fsp3) is 0.353. The Kier molecular flexibility index (Phi) is 3.86. The second-order valence-electron chi connectivity index (χ2n) is 6.24. The number of anilines is 1. The quantitative estimate of drug-likeness (QED) is 0.770. The third-order valence-corrected chi connectivity index (χ3v) is 4.50. The van der Waals surface area contributed by atoms with E-state index in [0.717, 1.165) is 25.1 Å². The molecule has 0 aliphatic carbocycles. The van der Waals surface area contributed by atoms with Crippen LogP contribution >= 0.6 is 0 Å². The highest BCUT2D eigenvalue weighted by Crippen LogP contribution is 2.23. The number of nitrogens with one attached hydrogen (secondary N) is 1. The number of piperidine rings is 1. The Morgan fingerprint density at radius 2 is 2.21 bits per heavy atom. The summed E-state index contributed by atoms with van der Waals surface area (Å²) in [6, 6.07) is 3.00. The van der Waals surface area contributed by atoms with Gasteiger partial charge in [-0.05, 0) is 50.4 Å². The summed E-state index contributed by atoms with van der Waals surface area (Å²) in [5.41, 5.74) is 8.38. The molecule has 124 valence electrons. The molecule has 0 unspecified atom stereocenters. The van der Waals surface area contributed by atoms with Crippen LogP contribution < -0.4 is 11.1 Å². The minimum Gasteiger partial charge on any atom is -0.383 e. The van der Waals surface area contributed by atoms with Gasteiger partial charge in [0.05, 0.1) is 6.20 Å². The van der Waals surface area contributed by atoms with Gasteiger partial charge >= 0.3 is 0 Å². The maximum atomic E-state index is 13.5. The first-order valence-corrected chi connectivity index (χ1v) is 8.16. The van der Waals surface area contributed by atoms with Gasteiger partial charge in [-0.2, -0.15) is 0 Å². The fourth-order valence-electron chi connectivity index (χ4n) is 3.23. The molecule has 4 rings (SSSR count). The van der Waals surface area contributed by atoms with Gasteiger partial charge in [0.2, 0.25) is 0 Å². The predicted molar refractivity (Wildman–Crippen MR) is 89.9 cm³/mol. The van der Waals surface area contributed by atoms with E-state index in [1.54, 1.807) is 22.9 Å². The lowest BCUT2D eigenvalue weighted by molar-refractivity contribution is 0.376. The average Bonchev–Trinajstić information content (AvgIpc) is 3.00. The first kappa shape index (κ1) is 15.0. The van der Waals surface area contributed by atoms with Crippen LogP contribution in [0.3, 0.4) is 0 Å². The molecule has 0 spiro atoms. The van der Waals surface area contributed by atoms with Crippen molar-refractivity contribution < 1.29 is 4.39 Å². The minimum absolute atomic E-state index is 0.337. The summed E-state index contributed by atoms with van der Waals surface area (Å²) in [6.07, 6.45) is 8.05. The highest BCUT2D eigenvalue weighted by atomic mass is 19.1. The van der Waals surface area contributed by atoms with Gasteiger partial charge in [-0.15, -0.1) is 0 Å². The van der Waals surface area contributed by atoms with Crippen molar-refractivity contribution in [1.82, 2.24) is 24.7 Å². The van der Waals surface area contributed by atoms with Crippen LogP contribution in [-0.4, -0.2) is 32.4 Å². The molecular formula is C17H19FN6. The zero-order valence-corrected chi connectivity index (χ0v) is 13.2. The van der Waals surface area contributed by atoms with E-state index < -0.39 is 0 Å². The fourth-order valence-corrected chi connectivity index (χ4v) is 3.23. The molecule has 0 aromatic carbocycles. The highest BCUT2D eigenvalue weighted by Gasteiger charge is 2.17. The molecule has 4 heterocycles. The molecule has 3 N–H and O–H groups in total. The number of halogens is 1. The smallest absolute Gasteiger partial charge is 0.180 e. The lowest BCUT2D eigenvalue weighted by Gasteiger charge is -2.22. The largest absolute Gasteiger partial charge is 0.383 e. The van der Waals surface area contributed by atoms with Crippen molar-refractivity contribution in [2.24, 2.45) is 5.92 Å². The molecule has 7 heteroatoms. The molecule has 3 aromatic heterocycles. The van der Waals surface area contributed by atoms with E-state index in [1.165, 1.54) is 25.1 Å². The lowest BCUT2D eigenvalue weighted by atomic mass is 9.93. The van der Waals surface area contributed by atoms with Gasteiger partial charge in [0.15, 0.2) is 5.82 Å². The normalized spacial score (nSPS) is 18.1. The molecule has 1 saturated heterocycles. The zero-order chi connectivity index (χ0) is 16.5. The van der Waals surface area contributed by atoms with Crippen LogP contribution in [-0.2, 0) is 6.42 Å². The summed E-state index contributed by atoms with van der Waals surface area (Å²) < 4.78 is 15.1. The molecule has 6 nitrogen and oxygen atoms in total. The molecular weight excluding hydrogens is 307 g/mol. The Balaban J connectivity index is 1.64. The Bertz CT molecular complexity index is 869. The van der Waals surface area contributed by atoms with Crippen LogP contribution in [0, 0.1) is 11.7 Å². The molecule has 0 radical (unpaired) electrons. The van der Waals surface area contributed by atoms with E-state index in [2.05, 4.69) is 20.3 Å². The van der Waals surface area contributed by atoms with Crippen molar-refractivity contribution in [1.29, 1.82) is 0 Å². The molecule has 1 atom stereocenters. The molecule has 0 saturated carbocycles. The number of hydrogen-bond acceptors (Lipinski definition) is 5. The van der Waals surface area contributed by atoms with Crippen LogP contribution in [0.15, 0.2) is 30.7 Å². The van der Waals surface area contributed by atoms with E-state index >= 15 is 0 Å². The van der Waals surface area contributed by atoms with Crippen LogP contribution in [0.5, 0.6) is 0 Å². The van der Waals surface area contributed by atoms with E-state index in [0.29, 0.717) is 28.9 Å². The minimum atomic E-state index is -0.337. The molecule has 24 heavy (non-hydrogen) atoms. The number of aromatic nitrogens is 4. The molecule has 1 fully saturated rings. The Labute approximate surface area is 139 Å². The SMILES string of the molecule is Nc1nc(-c2cnc3ccc(F)cn23)ncc1C[C@H]1CCCNC1. The van der Waals surface area contributed by atoms with Crippen molar-refractivity contribution in [3.63, 3.8) is 0 Å². The molecule has 3 aromatic rings. The second kappa shape index (κ2) is 6.16. The van der Waals surface area contributed by atoms with Gasteiger partial charge in [0.25, 0.3) is 0 Å². The van der Waals surface area contributed by atoms with Crippen LogP contribution in [0.4, 0.5) is 10.2 Å². The maximum Gasteiger partial charge on any atom is 0.180 e. The molecule has 0 bridgehead atoms. The number of pyridine rings is 1. The average molecular weight is 326 g/mol. The summed E-state index contributed by atoms with van der Waals surface area (Å²) >= 11 is 0. The first-order valence-electron chi connectivity index (χ1n) is 8.16. The third-order valence-electron chi connectivity index (χ3n) is 4.50. The van der Waals surface area contributed by atoms with E-state index in [1.807, 2.05) is 0 Å². The van der Waals surface area contributed by atoms with Crippen molar-refractivity contribution in [2.45, 2.75) is 19.3 Å². The Morgan fingerprint density at radius 1 is 1.29 bits per heavy atom. The van der Waals surface area contributed by atoms with Gasteiger partial charge in [-0.1, -0.05) is 0 Å². The number of nitrogens with two attached hydrogens (primary N) is 1. The van der Waals surface area contributed by atoms with Crippen LogP contribution in [0.25, 0.3) is 17.2 Å². The van der Waals surface area contributed by atoms with Gasteiger partial charge in [0, 0.05) is 18.0 Å². The van der Waals surface area contributed by atoms with Crippen molar-refractivity contribution >= 4 is 11.5 Å². The summed E-state index contributed by atoms with van der Waals surface area (Å²) in [5.74, 6) is 1.17. The standard InChI is InChI=1S/C17H19FN6/c18-13-3-4-15-21-9-14(24(15)10-13)17-22-8-12(16(19)23-17)6-11-2-1-5-20-7-11/h3-4,8-11,20H,1-2,5-7H2,(H2,19,22,23)/t11-/m1/s1. The van der Waals surface area contributed by atoms with Crippen molar-refractivity contribution in [3.8, 4) is 11.5 Å². The number of nitrogen functional groups attached to an aromatic ring is 1. The van der Waals surface area contributed by atoms with Crippen molar-refractivity contribution in [2.75, 3.05) is 18.8 Å². The summed E-state index contributed by atoms with van der Waals surface area (Å²) in [5, 5.41) is 3.40. The van der Waals surface area contributed by atoms with E-state index in [9.17, 15) is 4.39 Å². The van der Waals surface area contributed by atoms with Gasteiger partial charge in [-0.25, -0.2) is 19.3 Å². The van der Waals surface area contributed by atoms with Crippen molar-refractivity contribution in [3.05, 3.63) is 42.1 Å². The second-order valence-corrected chi connectivity index (χ2v) is 6.24. The van der Waals surface area contributed by atoms with Gasteiger partial charge < -0.3 is 11.1 Å². The predicted octanol–water partition coefficient (Wildman–Crippen LogP) is 2.05. The summed E-state index contributed by atoms with van der Waals surface area (Å²) in [6.45, 7) is 2.10. The number of rotatable bonds is 3. The number of nitrogens with zero attached hydrogens (tertiary/aromatic N) is 4. The van der Waals surface area contributed by atoms with Gasteiger partial charge in [-0.3, -0.25) is 4.40 Å². The lowest BCUT2D eigenvalue weighted by Crippen LogP contribution is -2.31. The molecule has 0 amide bonds.